The molecule has 0 spiro atoms. The molecule has 8 amide bonds. The Morgan fingerprint density at radius 1 is 0.560 bits per heavy atom. The number of ether oxygens (including phenoxy) is 4. The lowest BCUT2D eigenvalue weighted by Crippen LogP contribution is -2.62. The number of likely N-dealkylation sites (tertiary alicyclic amines) is 1. The van der Waals surface area contributed by atoms with E-state index >= 15 is 0 Å². The molecule has 7 N–H and O–H groups in total. The summed E-state index contributed by atoms with van der Waals surface area (Å²) < 4.78 is 21.2. The van der Waals surface area contributed by atoms with Crippen LogP contribution in [0.15, 0.2) is 60.7 Å². The number of hydrogen-bond acceptors (Lipinski definition) is 13. The monoisotopic (exact) mass is 1050 g/mol. The maximum atomic E-state index is 14.5. The lowest BCUT2D eigenvalue weighted by Gasteiger charge is -2.40. The molecule has 1 fully saturated rings. The summed E-state index contributed by atoms with van der Waals surface area (Å²) in [4.78, 5) is 123. The van der Waals surface area contributed by atoms with E-state index in [-0.39, 0.29) is 64.1 Å². The number of nitrogens with one attached hydrogen (secondary N) is 7. The maximum absolute atomic E-state index is 14.5. The molecule has 3 rings (SSSR count). The van der Waals surface area contributed by atoms with E-state index in [1.54, 1.807) is 117 Å². The first-order valence-corrected chi connectivity index (χ1v) is 25.6. The number of hydrogen-bond donors (Lipinski definition) is 7. The SMILES string of the molecule is COC(=O)C1(NC(=O)OC(C)(C)C)CCN(C(=O)CNC(=O)[C@@H](CCCCNC(=O)OC(C)(C)C)NC(=O)[C@@H](CC(C)C)NC(=O)[C@@H](Cc2ccccc2)NC(=O)[C@@H](Cc2ccccc2)NC(=O)OC(C)(C)C)CC1. The molecule has 1 heterocycles. The molecule has 0 bridgehead atoms. The minimum Gasteiger partial charge on any atom is -0.467 e. The number of carbonyl (C=O) groups excluding carboxylic acids is 9. The number of piperidine rings is 1. The minimum atomic E-state index is -1.45. The van der Waals surface area contributed by atoms with Crippen LogP contribution in [0, 0.1) is 5.92 Å². The fraction of sp³-hybridized carbons (Fsp3) is 0.611. The molecule has 416 valence electrons. The van der Waals surface area contributed by atoms with E-state index in [1.165, 1.54) is 12.0 Å². The van der Waals surface area contributed by atoms with Gasteiger partial charge in [0.15, 0.2) is 0 Å². The highest BCUT2D eigenvalue weighted by Crippen LogP contribution is 2.25. The van der Waals surface area contributed by atoms with Crippen molar-refractivity contribution in [2.24, 2.45) is 5.92 Å². The summed E-state index contributed by atoms with van der Waals surface area (Å²) in [7, 11) is 1.20. The van der Waals surface area contributed by atoms with Crippen LogP contribution < -0.4 is 37.2 Å². The highest BCUT2D eigenvalue weighted by molar-refractivity contribution is 5.96. The predicted molar refractivity (Wildman–Crippen MR) is 280 cm³/mol. The van der Waals surface area contributed by atoms with Crippen LogP contribution in [-0.4, -0.2) is 138 Å². The van der Waals surface area contributed by atoms with Gasteiger partial charge in [-0.1, -0.05) is 74.5 Å². The van der Waals surface area contributed by atoms with Crippen molar-refractivity contribution in [1.82, 2.24) is 42.1 Å². The number of benzene rings is 2. The first kappa shape index (κ1) is 62.4. The second-order valence-electron chi connectivity index (χ2n) is 22.1. The normalized spacial score (nSPS) is 15.1. The van der Waals surface area contributed by atoms with E-state index in [1.807, 2.05) is 19.9 Å². The second-order valence-corrected chi connectivity index (χ2v) is 22.1. The minimum absolute atomic E-state index is 0.00466. The molecule has 0 aliphatic carbocycles. The highest BCUT2D eigenvalue weighted by Gasteiger charge is 2.46. The third-order valence-electron chi connectivity index (χ3n) is 11.5. The average molecular weight is 1050 g/mol. The van der Waals surface area contributed by atoms with Gasteiger partial charge in [-0.2, -0.15) is 0 Å². The van der Waals surface area contributed by atoms with Crippen LogP contribution in [0.1, 0.15) is 126 Å². The Labute approximate surface area is 441 Å². The number of carbonyl (C=O) groups is 9. The summed E-state index contributed by atoms with van der Waals surface area (Å²) in [5.74, 6) is -4.13. The summed E-state index contributed by atoms with van der Waals surface area (Å²) in [6.07, 6.45) is -1.30. The molecule has 0 saturated carbocycles. The standard InChI is InChI=1S/C54H82N8O13/c1-35(2)31-39(58-45(66)40(32-36-21-15-13-16-22-36)59-46(67)41(33-37-23-17-14-18-24-37)60-49(70)74-52(6,7)8)44(65)57-38(25-19-20-28-55-48(69)73-51(3,4)5)43(64)56-34-42(63)62-29-26-54(27-30-62,47(68)72-12)61-50(71)75-53(9,10)11/h13-18,21-24,35,38-41H,19-20,25-34H2,1-12H3,(H,55,69)(H,56,64)(H,57,65)(H,58,66)(H,59,67)(H,60,70)(H,61,71)/t38-,39-,40-,41-/m1/s1. The van der Waals surface area contributed by atoms with Crippen molar-refractivity contribution < 1.29 is 62.1 Å². The van der Waals surface area contributed by atoms with Gasteiger partial charge in [-0.3, -0.25) is 24.0 Å². The largest absolute Gasteiger partial charge is 0.467 e. The number of alkyl carbamates (subject to hydrolysis) is 3. The van der Waals surface area contributed by atoms with Crippen LogP contribution in [0.25, 0.3) is 0 Å². The van der Waals surface area contributed by atoms with Gasteiger partial charge < -0.3 is 61.1 Å². The van der Waals surface area contributed by atoms with Gasteiger partial charge in [-0.05, 0) is 118 Å². The van der Waals surface area contributed by atoms with Gasteiger partial charge in [0.25, 0.3) is 0 Å². The zero-order valence-electron chi connectivity index (χ0n) is 45.9. The topological polar surface area (TPSA) is 278 Å². The van der Waals surface area contributed by atoms with Crippen LogP contribution in [0.2, 0.25) is 0 Å². The number of unbranched alkanes of at least 4 members (excludes halogenated alkanes) is 1. The summed E-state index contributed by atoms with van der Waals surface area (Å²) in [6.45, 7) is 18.8. The summed E-state index contributed by atoms with van der Waals surface area (Å²) >= 11 is 0. The molecular formula is C54H82N8O13. The van der Waals surface area contributed by atoms with E-state index in [2.05, 4.69) is 37.2 Å². The molecule has 21 heteroatoms. The first-order valence-electron chi connectivity index (χ1n) is 25.6. The predicted octanol–water partition coefficient (Wildman–Crippen LogP) is 4.74. The number of methoxy groups -OCH3 is 1. The van der Waals surface area contributed by atoms with E-state index in [0.717, 1.165) is 5.56 Å². The molecule has 1 aliphatic heterocycles. The summed E-state index contributed by atoms with van der Waals surface area (Å²) in [6, 6.07) is 13.1. The lowest BCUT2D eigenvalue weighted by molar-refractivity contribution is -0.152. The molecule has 0 aromatic heterocycles. The van der Waals surface area contributed by atoms with Gasteiger partial charge in [0.05, 0.1) is 13.7 Å². The highest BCUT2D eigenvalue weighted by atomic mass is 16.6. The quantitative estimate of drug-likeness (QED) is 0.0451. The third-order valence-corrected chi connectivity index (χ3v) is 11.5. The van der Waals surface area contributed by atoms with Crippen molar-refractivity contribution in [3.8, 4) is 0 Å². The Hall–Kier alpha value is -6.93. The van der Waals surface area contributed by atoms with Crippen molar-refractivity contribution in [2.75, 3.05) is 33.3 Å². The van der Waals surface area contributed by atoms with Crippen LogP contribution in [0.4, 0.5) is 14.4 Å². The third kappa shape index (κ3) is 23.4. The van der Waals surface area contributed by atoms with Gasteiger partial charge in [-0.15, -0.1) is 0 Å². The smallest absolute Gasteiger partial charge is 0.408 e. The Bertz CT molecular complexity index is 2230. The van der Waals surface area contributed by atoms with Crippen molar-refractivity contribution in [2.45, 2.75) is 174 Å². The van der Waals surface area contributed by atoms with Crippen molar-refractivity contribution in [1.29, 1.82) is 0 Å². The van der Waals surface area contributed by atoms with E-state index in [0.29, 0.717) is 18.4 Å². The lowest BCUT2D eigenvalue weighted by atomic mass is 9.87. The fourth-order valence-electron chi connectivity index (χ4n) is 7.94. The molecular weight excluding hydrogens is 969 g/mol. The first-order chi connectivity index (χ1) is 35.0. The van der Waals surface area contributed by atoms with Crippen LogP contribution >= 0.6 is 0 Å². The van der Waals surface area contributed by atoms with Crippen molar-refractivity contribution in [3.63, 3.8) is 0 Å². The Balaban J connectivity index is 1.85. The number of esters is 1. The molecule has 2 aromatic carbocycles. The number of amides is 8. The van der Waals surface area contributed by atoms with Crippen LogP contribution in [0.5, 0.6) is 0 Å². The molecule has 1 aliphatic rings. The average Bonchev–Trinajstić information content (AvgIpc) is 3.30. The molecule has 0 radical (unpaired) electrons. The Morgan fingerprint density at radius 3 is 1.51 bits per heavy atom. The molecule has 4 atom stereocenters. The van der Waals surface area contributed by atoms with Gasteiger partial charge in [0.2, 0.25) is 29.5 Å². The molecule has 75 heavy (non-hydrogen) atoms. The maximum Gasteiger partial charge on any atom is 0.408 e. The van der Waals surface area contributed by atoms with Gasteiger partial charge in [0, 0.05) is 32.5 Å². The van der Waals surface area contributed by atoms with Gasteiger partial charge in [-0.25, -0.2) is 19.2 Å². The molecule has 21 nitrogen and oxygen atoms in total. The molecule has 1 saturated heterocycles. The summed E-state index contributed by atoms with van der Waals surface area (Å²) in [5, 5.41) is 19.0. The van der Waals surface area contributed by atoms with E-state index in [9.17, 15) is 43.2 Å². The van der Waals surface area contributed by atoms with Gasteiger partial charge in [0.1, 0.15) is 46.5 Å². The van der Waals surface area contributed by atoms with Crippen molar-refractivity contribution >= 4 is 53.8 Å². The Morgan fingerprint density at radius 2 is 1.01 bits per heavy atom. The van der Waals surface area contributed by atoms with Gasteiger partial charge >= 0.3 is 24.2 Å². The summed E-state index contributed by atoms with van der Waals surface area (Å²) in [5.41, 5.74) is -2.45. The number of nitrogens with zero attached hydrogens (tertiary/aromatic N) is 1. The van der Waals surface area contributed by atoms with E-state index < -0.39 is 107 Å². The molecule has 0 unspecified atom stereocenters. The Kier molecular flexibility index (Phi) is 23.8. The zero-order chi connectivity index (χ0) is 56.1. The molecule has 2 aromatic rings. The number of rotatable bonds is 23. The fourth-order valence-corrected chi connectivity index (χ4v) is 7.94. The zero-order valence-corrected chi connectivity index (χ0v) is 45.9. The second kappa shape index (κ2) is 28.7. The van der Waals surface area contributed by atoms with Crippen LogP contribution in [0.3, 0.4) is 0 Å². The van der Waals surface area contributed by atoms with Crippen molar-refractivity contribution in [3.05, 3.63) is 71.8 Å². The van der Waals surface area contributed by atoms with Crippen LogP contribution in [-0.2, 0) is 60.6 Å². The van der Waals surface area contributed by atoms with E-state index in [4.69, 9.17) is 18.9 Å².